The minimum Gasteiger partial charge on any atom is -0.292 e. The van der Waals surface area contributed by atoms with Gasteiger partial charge in [-0.3, -0.25) is 4.90 Å². The van der Waals surface area contributed by atoms with E-state index in [0.29, 0.717) is 13.1 Å². The van der Waals surface area contributed by atoms with E-state index in [9.17, 15) is 8.42 Å². The molecule has 0 bridgehead atoms. The predicted octanol–water partition coefficient (Wildman–Crippen LogP) is 3.52. The number of piperidine rings is 1. The molecule has 2 aliphatic heterocycles. The van der Waals surface area contributed by atoms with Crippen molar-refractivity contribution in [1.29, 1.82) is 0 Å². The molecule has 0 aliphatic carbocycles. The second kappa shape index (κ2) is 7.38. The molecule has 0 unspecified atom stereocenters. The molecule has 0 aromatic heterocycles. The van der Waals surface area contributed by atoms with Crippen LogP contribution in [-0.2, 0) is 10.0 Å². The van der Waals surface area contributed by atoms with Crippen molar-refractivity contribution in [2.24, 2.45) is 5.41 Å². The zero-order chi connectivity index (χ0) is 18.9. The van der Waals surface area contributed by atoms with Crippen LogP contribution in [0.15, 0.2) is 60.7 Å². The second-order valence-corrected chi connectivity index (χ2v) is 10.1. The fourth-order valence-corrected chi connectivity index (χ4v) is 5.82. The average Bonchev–Trinajstić information content (AvgIpc) is 3.06. The van der Waals surface area contributed by atoms with Gasteiger partial charge >= 0.3 is 0 Å². The summed E-state index contributed by atoms with van der Waals surface area (Å²) in [6, 6.07) is 21.5. The van der Waals surface area contributed by atoms with E-state index in [-0.39, 0.29) is 11.5 Å². The Morgan fingerprint density at radius 3 is 2.00 bits per heavy atom. The van der Waals surface area contributed by atoms with Crippen molar-refractivity contribution in [3.05, 3.63) is 71.8 Å². The maximum Gasteiger partial charge on any atom is 0.211 e. The van der Waals surface area contributed by atoms with Crippen LogP contribution < -0.4 is 0 Å². The Hall–Kier alpha value is -1.69. The Labute approximate surface area is 162 Å². The van der Waals surface area contributed by atoms with Gasteiger partial charge in [0.25, 0.3) is 0 Å². The molecule has 2 aromatic carbocycles. The summed E-state index contributed by atoms with van der Waals surface area (Å²) in [6.45, 7) is 3.29. The zero-order valence-electron chi connectivity index (χ0n) is 15.9. The number of benzene rings is 2. The number of sulfonamides is 1. The zero-order valence-corrected chi connectivity index (χ0v) is 16.7. The van der Waals surface area contributed by atoms with Crippen LogP contribution in [0, 0.1) is 5.41 Å². The lowest BCUT2D eigenvalue weighted by molar-refractivity contribution is 0.140. The molecule has 0 radical (unpaired) electrons. The summed E-state index contributed by atoms with van der Waals surface area (Å²) in [5.41, 5.74) is 2.69. The van der Waals surface area contributed by atoms with Crippen LogP contribution >= 0.6 is 0 Å². The van der Waals surface area contributed by atoms with Crippen molar-refractivity contribution in [2.75, 3.05) is 32.4 Å². The highest BCUT2D eigenvalue weighted by atomic mass is 32.2. The second-order valence-electron chi connectivity index (χ2n) is 8.14. The molecule has 4 rings (SSSR count). The number of hydrogen-bond acceptors (Lipinski definition) is 3. The number of likely N-dealkylation sites (tertiary alicyclic amines) is 1. The van der Waals surface area contributed by atoms with Crippen LogP contribution in [0.1, 0.15) is 36.4 Å². The highest BCUT2D eigenvalue weighted by molar-refractivity contribution is 7.88. The van der Waals surface area contributed by atoms with E-state index in [0.717, 1.165) is 32.4 Å². The van der Waals surface area contributed by atoms with Crippen LogP contribution in [0.3, 0.4) is 0 Å². The molecule has 4 nitrogen and oxygen atoms in total. The van der Waals surface area contributed by atoms with E-state index in [4.69, 9.17) is 0 Å². The molecule has 2 aromatic rings. The summed E-state index contributed by atoms with van der Waals surface area (Å²) in [4.78, 5) is 2.55. The van der Waals surface area contributed by atoms with Crippen molar-refractivity contribution >= 4 is 10.0 Å². The third-order valence-electron chi connectivity index (χ3n) is 6.16. The smallest absolute Gasteiger partial charge is 0.211 e. The molecule has 0 N–H and O–H groups in total. The molecule has 2 aliphatic rings. The normalized spacial score (nSPS) is 24.7. The topological polar surface area (TPSA) is 40.6 Å². The van der Waals surface area contributed by atoms with Crippen LogP contribution in [0.2, 0.25) is 0 Å². The number of rotatable bonds is 4. The Bertz CT molecular complexity index is 830. The van der Waals surface area contributed by atoms with E-state index in [2.05, 4.69) is 65.6 Å². The molecule has 2 saturated heterocycles. The molecule has 27 heavy (non-hydrogen) atoms. The molecule has 1 spiro atoms. The van der Waals surface area contributed by atoms with Gasteiger partial charge in [0.2, 0.25) is 10.0 Å². The van der Waals surface area contributed by atoms with Gasteiger partial charge in [0.05, 0.1) is 12.3 Å². The minimum atomic E-state index is -3.12. The Kier molecular flexibility index (Phi) is 5.10. The van der Waals surface area contributed by atoms with Crippen molar-refractivity contribution < 1.29 is 8.42 Å². The lowest BCUT2D eigenvalue weighted by atomic mass is 9.80. The third-order valence-corrected chi connectivity index (χ3v) is 7.41. The van der Waals surface area contributed by atoms with Gasteiger partial charge < -0.3 is 0 Å². The van der Waals surface area contributed by atoms with Gasteiger partial charge in [-0.25, -0.2) is 12.7 Å². The lowest BCUT2D eigenvalue weighted by Crippen LogP contribution is -2.47. The minimum absolute atomic E-state index is 0.0864. The molecule has 2 fully saturated rings. The molecule has 0 amide bonds. The van der Waals surface area contributed by atoms with Crippen LogP contribution in [0.25, 0.3) is 0 Å². The van der Waals surface area contributed by atoms with E-state index >= 15 is 0 Å². The van der Waals surface area contributed by atoms with Gasteiger partial charge in [-0.05, 0) is 42.3 Å². The van der Waals surface area contributed by atoms with Gasteiger partial charge in [0, 0.05) is 19.6 Å². The molecule has 144 valence electrons. The largest absolute Gasteiger partial charge is 0.292 e. The Morgan fingerprint density at radius 1 is 0.852 bits per heavy atom. The summed E-state index contributed by atoms with van der Waals surface area (Å²) in [6.07, 6.45) is 4.48. The first-order valence-electron chi connectivity index (χ1n) is 9.76. The molecule has 5 heteroatoms. The van der Waals surface area contributed by atoms with Crippen molar-refractivity contribution in [1.82, 2.24) is 9.21 Å². The van der Waals surface area contributed by atoms with Crippen LogP contribution in [-0.4, -0.2) is 50.1 Å². The van der Waals surface area contributed by atoms with Crippen LogP contribution in [0.4, 0.5) is 0 Å². The number of hydrogen-bond donors (Lipinski definition) is 0. The molecule has 2 heterocycles. The first-order chi connectivity index (χ1) is 13.0. The van der Waals surface area contributed by atoms with Crippen molar-refractivity contribution in [3.8, 4) is 0 Å². The van der Waals surface area contributed by atoms with Gasteiger partial charge in [-0.2, -0.15) is 0 Å². The SMILES string of the molecule is CS(=O)(=O)N1CCC[C@@]2(CCN(C(c3ccccc3)c3ccccc3)C2)C1. The maximum absolute atomic E-state index is 12.1. The summed E-state index contributed by atoms with van der Waals surface area (Å²) in [7, 11) is -3.12. The number of nitrogens with zero attached hydrogens (tertiary/aromatic N) is 2. The van der Waals surface area contributed by atoms with Gasteiger partial charge in [-0.15, -0.1) is 0 Å². The lowest BCUT2D eigenvalue weighted by Gasteiger charge is -2.40. The fourth-order valence-electron chi connectivity index (χ4n) is 4.85. The molecular weight excluding hydrogens is 356 g/mol. The predicted molar refractivity (Wildman–Crippen MR) is 109 cm³/mol. The van der Waals surface area contributed by atoms with E-state index < -0.39 is 10.0 Å². The Morgan fingerprint density at radius 2 is 1.44 bits per heavy atom. The molecule has 0 saturated carbocycles. The first kappa shape index (κ1) is 18.7. The Balaban J connectivity index is 1.62. The van der Waals surface area contributed by atoms with E-state index in [1.807, 2.05) is 0 Å². The fraction of sp³-hybridized carbons (Fsp3) is 0.455. The molecular formula is C22H28N2O2S. The third kappa shape index (κ3) is 3.96. The van der Waals surface area contributed by atoms with Crippen LogP contribution in [0.5, 0.6) is 0 Å². The monoisotopic (exact) mass is 384 g/mol. The van der Waals surface area contributed by atoms with Gasteiger partial charge in [-0.1, -0.05) is 60.7 Å². The average molecular weight is 385 g/mol. The van der Waals surface area contributed by atoms with E-state index in [1.165, 1.54) is 17.4 Å². The van der Waals surface area contributed by atoms with Gasteiger partial charge in [0.15, 0.2) is 0 Å². The van der Waals surface area contributed by atoms with E-state index in [1.54, 1.807) is 4.31 Å². The summed E-state index contributed by atoms with van der Waals surface area (Å²) in [5.74, 6) is 0. The summed E-state index contributed by atoms with van der Waals surface area (Å²) < 4.78 is 25.9. The highest BCUT2D eigenvalue weighted by Crippen LogP contribution is 2.43. The summed E-state index contributed by atoms with van der Waals surface area (Å²) in [5, 5.41) is 0. The standard InChI is InChI=1S/C22H28N2O2S/c1-27(25,26)24-15-8-13-22(18-24)14-16-23(17-22)21(19-9-4-2-5-10-19)20-11-6-3-7-12-20/h2-7,9-12,21H,8,13-18H2,1H3/t22-/m0/s1. The van der Waals surface area contributed by atoms with Crippen molar-refractivity contribution in [2.45, 2.75) is 25.3 Å². The molecule has 1 atom stereocenters. The summed E-state index contributed by atoms with van der Waals surface area (Å²) >= 11 is 0. The quantitative estimate of drug-likeness (QED) is 0.810. The van der Waals surface area contributed by atoms with Crippen molar-refractivity contribution in [3.63, 3.8) is 0 Å². The highest BCUT2D eigenvalue weighted by Gasteiger charge is 2.45. The van der Waals surface area contributed by atoms with Gasteiger partial charge in [0.1, 0.15) is 0 Å². The first-order valence-corrected chi connectivity index (χ1v) is 11.6. The maximum atomic E-state index is 12.1.